The van der Waals surface area contributed by atoms with Crippen molar-refractivity contribution in [1.82, 2.24) is 0 Å². The van der Waals surface area contributed by atoms with Crippen molar-refractivity contribution in [3.8, 4) is 0 Å². The van der Waals surface area contributed by atoms with Gasteiger partial charge in [0.1, 0.15) is 6.61 Å². The summed E-state index contributed by atoms with van der Waals surface area (Å²) in [6.45, 7) is 3.56. The first-order chi connectivity index (χ1) is 23.8. The molecule has 0 aromatic carbocycles. The van der Waals surface area contributed by atoms with E-state index in [0.717, 1.165) is 44.9 Å². The number of phosphoric ester groups is 1. The van der Waals surface area contributed by atoms with E-state index in [2.05, 4.69) is 62.5 Å². The second kappa shape index (κ2) is 35.5. The lowest BCUT2D eigenvalue weighted by atomic mass is 10.1. The van der Waals surface area contributed by atoms with Gasteiger partial charge in [0.15, 0.2) is 6.10 Å². The van der Waals surface area contributed by atoms with Crippen molar-refractivity contribution >= 4 is 19.8 Å². The number of esters is 2. The molecule has 0 aliphatic carbocycles. The van der Waals surface area contributed by atoms with Crippen LogP contribution in [0.2, 0.25) is 0 Å². The van der Waals surface area contributed by atoms with Crippen molar-refractivity contribution in [3.05, 3.63) is 60.8 Å². The summed E-state index contributed by atoms with van der Waals surface area (Å²) in [5.41, 5.74) is 5.32. The van der Waals surface area contributed by atoms with Gasteiger partial charge in [0.2, 0.25) is 0 Å². The third-order valence-electron chi connectivity index (χ3n) is 7.42. The largest absolute Gasteiger partial charge is 0.472 e. The highest BCUT2D eigenvalue weighted by atomic mass is 31.2. The number of carbonyl (C=O) groups is 2. The molecular weight excluding hydrogens is 641 g/mol. The molecule has 0 aliphatic heterocycles. The number of hydrogen-bond acceptors (Lipinski definition) is 8. The fraction of sp³-hybridized carbons (Fsp3) is 0.692. The number of nitrogens with two attached hydrogens (primary N) is 1. The molecule has 0 bridgehead atoms. The van der Waals surface area contributed by atoms with Gasteiger partial charge in [-0.05, 0) is 51.4 Å². The molecule has 0 saturated carbocycles. The molecule has 0 fully saturated rings. The molecule has 0 aromatic rings. The first-order valence-corrected chi connectivity index (χ1v) is 20.3. The minimum absolute atomic E-state index is 0.0423. The summed E-state index contributed by atoms with van der Waals surface area (Å²) in [4.78, 5) is 34.6. The lowest BCUT2D eigenvalue weighted by molar-refractivity contribution is -0.161. The molecule has 0 spiro atoms. The number of phosphoric acid groups is 1. The van der Waals surface area contributed by atoms with Crippen molar-refractivity contribution in [1.29, 1.82) is 0 Å². The molecule has 49 heavy (non-hydrogen) atoms. The van der Waals surface area contributed by atoms with E-state index in [0.29, 0.717) is 12.8 Å². The van der Waals surface area contributed by atoms with E-state index in [9.17, 15) is 19.0 Å². The summed E-state index contributed by atoms with van der Waals surface area (Å²) in [5, 5.41) is 0. The van der Waals surface area contributed by atoms with Crippen LogP contribution >= 0.6 is 7.82 Å². The van der Waals surface area contributed by atoms with Gasteiger partial charge >= 0.3 is 19.8 Å². The molecule has 2 atom stereocenters. The van der Waals surface area contributed by atoms with Crippen molar-refractivity contribution in [3.63, 3.8) is 0 Å². The Morgan fingerprint density at radius 3 is 1.65 bits per heavy atom. The zero-order valence-electron chi connectivity index (χ0n) is 30.7. The summed E-state index contributed by atoms with van der Waals surface area (Å²) in [6, 6.07) is 0. The van der Waals surface area contributed by atoms with Crippen LogP contribution in [0, 0.1) is 0 Å². The molecule has 0 rings (SSSR count). The van der Waals surface area contributed by atoms with Crippen molar-refractivity contribution in [2.45, 2.75) is 148 Å². The van der Waals surface area contributed by atoms with E-state index < -0.39 is 32.5 Å². The normalized spacial score (nSPS) is 14.1. The third-order valence-corrected chi connectivity index (χ3v) is 8.40. The lowest BCUT2D eigenvalue weighted by Gasteiger charge is -2.19. The van der Waals surface area contributed by atoms with E-state index in [1.165, 1.54) is 57.8 Å². The second-order valence-electron chi connectivity index (χ2n) is 12.1. The lowest BCUT2D eigenvalue weighted by Crippen LogP contribution is -2.29. The molecule has 0 heterocycles. The fourth-order valence-electron chi connectivity index (χ4n) is 4.61. The van der Waals surface area contributed by atoms with Crippen LogP contribution in [0.4, 0.5) is 0 Å². The highest BCUT2D eigenvalue weighted by Crippen LogP contribution is 2.43. The topological polar surface area (TPSA) is 134 Å². The summed E-state index contributed by atoms with van der Waals surface area (Å²) in [7, 11) is -4.38. The van der Waals surface area contributed by atoms with Gasteiger partial charge in [-0.25, -0.2) is 4.57 Å². The van der Waals surface area contributed by atoms with Crippen LogP contribution in [0.15, 0.2) is 60.8 Å². The Balaban J connectivity index is 4.33. The van der Waals surface area contributed by atoms with Crippen LogP contribution in [0.3, 0.4) is 0 Å². The predicted octanol–water partition coefficient (Wildman–Crippen LogP) is 10.2. The molecule has 0 aliphatic rings. The standard InChI is InChI=1S/C39H68NO8P/c1-3-5-7-9-11-13-14-15-16-17-18-19-20-21-22-24-25-27-29-31-38(41)45-35-37(36-47-49(43,44)46-34-33-40)48-39(42)32-30-28-26-23-12-10-8-6-4-2/h11,13,15-16,18-19,21-22,25,27,37H,3-10,12,14,17,20,23-24,26,28-36,40H2,1-2H3,(H,43,44)/b13-11+,16-15+,19-18+,22-21+,27-25+/t37-/m0/s1. The summed E-state index contributed by atoms with van der Waals surface area (Å²) < 4.78 is 32.5. The smallest absolute Gasteiger partial charge is 0.462 e. The van der Waals surface area contributed by atoms with E-state index in [4.69, 9.17) is 24.3 Å². The molecule has 0 amide bonds. The SMILES string of the molecule is CCCCC/C=C/C/C=C/C/C=C/C/C=C/C/C=C/CCC(=O)OC[C@@H](COP(=O)(O)OCCN)OC(=O)CCCCCCCCCCC. The first kappa shape index (κ1) is 46.7. The number of ether oxygens (including phenoxy) is 2. The van der Waals surface area contributed by atoms with Crippen LogP contribution in [0.25, 0.3) is 0 Å². The monoisotopic (exact) mass is 709 g/mol. The van der Waals surface area contributed by atoms with Gasteiger partial charge in [-0.1, -0.05) is 139 Å². The van der Waals surface area contributed by atoms with Crippen LogP contribution in [0.5, 0.6) is 0 Å². The van der Waals surface area contributed by atoms with Crippen LogP contribution in [0.1, 0.15) is 142 Å². The Kier molecular flexibility index (Phi) is 33.9. The van der Waals surface area contributed by atoms with E-state index >= 15 is 0 Å². The third kappa shape index (κ3) is 35.3. The van der Waals surface area contributed by atoms with Gasteiger partial charge < -0.3 is 20.1 Å². The number of carbonyl (C=O) groups excluding carboxylic acids is 2. The van der Waals surface area contributed by atoms with Crippen LogP contribution in [-0.2, 0) is 32.7 Å². The van der Waals surface area contributed by atoms with E-state index in [1.54, 1.807) is 0 Å². The van der Waals surface area contributed by atoms with Gasteiger partial charge in [0.25, 0.3) is 0 Å². The number of unbranched alkanes of at least 4 members (excludes halogenated alkanes) is 11. The van der Waals surface area contributed by atoms with Crippen LogP contribution in [-0.4, -0.2) is 49.3 Å². The number of hydrogen-bond donors (Lipinski definition) is 2. The molecule has 1 unspecified atom stereocenters. The first-order valence-electron chi connectivity index (χ1n) is 18.8. The quantitative estimate of drug-likeness (QED) is 0.0290. The van der Waals surface area contributed by atoms with Gasteiger partial charge in [-0.2, -0.15) is 0 Å². The van der Waals surface area contributed by atoms with Gasteiger partial charge in [-0.15, -0.1) is 0 Å². The van der Waals surface area contributed by atoms with Crippen molar-refractivity contribution in [2.75, 3.05) is 26.4 Å². The summed E-state index contributed by atoms with van der Waals surface area (Å²) in [6.07, 6.45) is 39.9. The Morgan fingerprint density at radius 1 is 0.612 bits per heavy atom. The minimum Gasteiger partial charge on any atom is -0.462 e. The molecular formula is C39H68NO8P. The highest BCUT2D eigenvalue weighted by molar-refractivity contribution is 7.47. The predicted molar refractivity (Wildman–Crippen MR) is 201 cm³/mol. The summed E-state index contributed by atoms with van der Waals surface area (Å²) >= 11 is 0. The second-order valence-corrected chi connectivity index (χ2v) is 13.5. The van der Waals surface area contributed by atoms with Crippen molar-refractivity contribution < 1.29 is 37.6 Å². The Hall–Kier alpha value is -2.29. The van der Waals surface area contributed by atoms with Gasteiger partial charge in [-0.3, -0.25) is 18.6 Å². The minimum atomic E-state index is -4.38. The molecule has 3 N–H and O–H groups in total. The fourth-order valence-corrected chi connectivity index (χ4v) is 5.38. The average molecular weight is 710 g/mol. The van der Waals surface area contributed by atoms with Crippen LogP contribution < -0.4 is 5.73 Å². The zero-order valence-corrected chi connectivity index (χ0v) is 31.5. The maximum Gasteiger partial charge on any atom is 0.472 e. The zero-order chi connectivity index (χ0) is 36.1. The molecule has 9 nitrogen and oxygen atoms in total. The molecule has 282 valence electrons. The van der Waals surface area contributed by atoms with Gasteiger partial charge in [0.05, 0.1) is 13.2 Å². The molecule has 0 radical (unpaired) electrons. The Labute approximate surface area is 298 Å². The average Bonchev–Trinajstić information content (AvgIpc) is 3.08. The maximum atomic E-state index is 12.4. The Morgan fingerprint density at radius 2 is 1.10 bits per heavy atom. The number of rotatable bonds is 34. The number of allylic oxidation sites excluding steroid dienone is 10. The maximum absolute atomic E-state index is 12.4. The molecule has 10 heteroatoms. The molecule has 0 saturated heterocycles. The van der Waals surface area contributed by atoms with Gasteiger partial charge in [0, 0.05) is 19.4 Å². The van der Waals surface area contributed by atoms with E-state index in [1.807, 2.05) is 12.2 Å². The van der Waals surface area contributed by atoms with E-state index in [-0.39, 0.29) is 32.6 Å². The Bertz CT molecular complexity index is 992. The highest BCUT2D eigenvalue weighted by Gasteiger charge is 2.25. The summed E-state index contributed by atoms with van der Waals surface area (Å²) in [5.74, 6) is -0.933. The van der Waals surface area contributed by atoms with Crippen molar-refractivity contribution in [2.24, 2.45) is 5.73 Å². The molecule has 0 aromatic heterocycles.